The predicted molar refractivity (Wildman–Crippen MR) is 82.2 cm³/mol. The van der Waals surface area contributed by atoms with Crippen LogP contribution >= 0.6 is 0 Å². The molecule has 0 radical (unpaired) electrons. The third-order valence-corrected chi connectivity index (χ3v) is 4.19. The molecule has 0 saturated heterocycles. The van der Waals surface area contributed by atoms with Gasteiger partial charge in [-0.2, -0.15) is 0 Å². The molecular formula is C17H26F2N2. The molecule has 1 saturated carbocycles. The number of hydrogen-bond donors (Lipinski definition) is 1. The maximum Gasteiger partial charge on any atom is 0.163 e. The molecule has 1 aliphatic rings. The molecule has 2 rings (SSSR count). The number of halogens is 2. The fourth-order valence-corrected chi connectivity index (χ4v) is 2.83. The van der Waals surface area contributed by atoms with Crippen molar-refractivity contribution in [2.45, 2.75) is 38.6 Å². The largest absolute Gasteiger partial charge is 0.313 e. The van der Waals surface area contributed by atoms with Crippen LogP contribution in [0.15, 0.2) is 18.2 Å². The topological polar surface area (TPSA) is 15.3 Å². The number of nitrogens with zero attached hydrogens (tertiary/aromatic N) is 1. The zero-order valence-corrected chi connectivity index (χ0v) is 13.0. The van der Waals surface area contributed by atoms with Gasteiger partial charge >= 0.3 is 0 Å². The molecule has 1 atom stereocenters. The summed E-state index contributed by atoms with van der Waals surface area (Å²) in [6.07, 6.45) is 4.61. The zero-order chi connectivity index (χ0) is 15.2. The van der Waals surface area contributed by atoms with E-state index in [4.69, 9.17) is 0 Å². The fourth-order valence-electron chi connectivity index (χ4n) is 2.83. The zero-order valence-electron chi connectivity index (χ0n) is 13.0. The molecule has 1 fully saturated rings. The van der Waals surface area contributed by atoms with Crippen molar-refractivity contribution in [1.29, 1.82) is 0 Å². The van der Waals surface area contributed by atoms with Crippen LogP contribution < -0.4 is 5.32 Å². The molecule has 0 spiro atoms. The molecule has 2 nitrogen and oxygen atoms in total. The minimum Gasteiger partial charge on any atom is -0.313 e. The van der Waals surface area contributed by atoms with Crippen molar-refractivity contribution >= 4 is 0 Å². The first-order valence-electron chi connectivity index (χ1n) is 7.99. The van der Waals surface area contributed by atoms with Crippen molar-refractivity contribution in [3.05, 3.63) is 35.4 Å². The van der Waals surface area contributed by atoms with Gasteiger partial charge < -0.3 is 10.2 Å². The fraction of sp³-hybridized carbons (Fsp3) is 0.647. The van der Waals surface area contributed by atoms with Crippen LogP contribution in [0.25, 0.3) is 0 Å². The minimum atomic E-state index is -0.767. The third kappa shape index (κ3) is 4.75. The Morgan fingerprint density at radius 2 is 2.05 bits per heavy atom. The lowest BCUT2D eigenvalue weighted by Gasteiger charge is -2.25. The Labute approximate surface area is 126 Å². The summed E-state index contributed by atoms with van der Waals surface area (Å²) in [4.78, 5) is 2.46. The SMILES string of the molecule is CCCN(CCC(NC)c1cccc(F)c1F)CC1CC1. The minimum absolute atomic E-state index is 0.140. The van der Waals surface area contributed by atoms with Gasteiger partial charge in [0, 0.05) is 18.2 Å². The van der Waals surface area contributed by atoms with E-state index < -0.39 is 11.6 Å². The smallest absolute Gasteiger partial charge is 0.163 e. The molecule has 1 aliphatic carbocycles. The average molecular weight is 296 g/mol. The van der Waals surface area contributed by atoms with Crippen molar-refractivity contribution in [3.8, 4) is 0 Å². The molecule has 21 heavy (non-hydrogen) atoms. The van der Waals surface area contributed by atoms with Crippen LogP contribution in [0.2, 0.25) is 0 Å². The standard InChI is InChI=1S/C17H26F2N2/c1-3-10-21(12-13-7-8-13)11-9-16(20-2)14-5-4-6-15(18)17(14)19/h4-6,13,16,20H,3,7-12H2,1-2H3. The van der Waals surface area contributed by atoms with Crippen LogP contribution in [0.5, 0.6) is 0 Å². The number of benzene rings is 1. The van der Waals surface area contributed by atoms with E-state index in [-0.39, 0.29) is 6.04 Å². The van der Waals surface area contributed by atoms with Gasteiger partial charge in [0.2, 0.25) is 0 Å². The second-order valence-corrected chi connectivity index (χ2v) is 6.02. The summed E-state index contributed by atoms with van der Waals surface area (Å²) in [6.45, 7) is 5.34. The Morgan fingerprint density at radius 3 is 2.67 bits per heavy atom. The van der Waals surface area contributed by atoms with E-state index in [1.54, 1.807) is 19.2 Å². The van der Waals surface area contributed by atoms with Gasteiger partial charge in [0.1, 0.15) is 0 Å². The average Bonchev–Trinajstić information content (AvgIpc) is 3.28. The van der Waals surface area contributed by atoms with Crippen molar-refractivity contribution in [2.24, 2.45) is 5.92 Å². The monoisotopic (exact) mass is 296 g/mol. The van der Waals surface area contributed by atoms with Crippen molar-refractivity contribution < 1.29 is 8.78 Å². The van der Waals surface area contributed by atoms with Gasteiger partial charge in [-0.25, -0.2) is 8.78 Å². The molecule has 1 aromatic carbocycles. The first kappa shape index (κ1) is 16.4. The Morgan fingerprint density at radius 1 is 1.29 bits per heavy atom. The molecule has 0 aliphatic heterocycles. The van der Waals surface area contributed by atoms with Gasteiger partial charge in [0.05, 0.1) is 0 Å². The lowest BCUT2D eigenvalue weighted by molar-refractivity contribution is 0.248. The van der Waals surface area contributed by atoms with E-state index in [9.17, 15) is 8.78 Å². The van der Waals surface area contributed by atoms with Crippen LogP contribution in [-0.2, 0) is 0 Å². The molecule has 1 N–H and O–H groups in total. The molecular weight excluding hydrogens is 270 g/mol. The van der Waals surface area contributed by atoms with Crippen LogP contribution in [-0.4, -0.2) is 31.6 Å². The molecule has 4 heteroatoms. The van der Waals surface area contributed by atoms with E-state index in [0.717, 1.165) is 38.4 Å². The Bertz CT molecular complexity index is 446. The third-order valence-electron chi connectivity index (χ3n) is 4.19. The molecule has 1 unspecified atom stereocenters. The highest BCUT2D eigenvalue weighted by atomic mass is 19.2. The number of nitrogens with one attached hydrogen (secondary N) is 1. The maximum absolute atomic E-state index is 13.9. The van der Waals surface area contributed by atoms with Crippen molar-refractivity contribution in [1.82, 2.24) is 10.2 Å². The second kappa shape index (κ2) is 7.85. The maximum atomic E-state index is 13.9. The lowest BCUT2D eigenvalue weighted by Crippen LogP contribution is -2.31. The highest BCUT2D eigenvalue weighted by molar-refractivity contribution is 5.22. The summed E-state index contributed by atoms with van der Waals surface area (Å²) >= 11 is 0. The Balaban J connectivity index is 1.95. The Hall–Kier alpha value is -1.00. The summed E-state index contributed by atoms with van der Waals surface area (Å²) in [5.74, 6) is -0.632. The molecule has 0 amide bonds. The highest BCUT2D eigenvalue weighted by Gasteiger charge is 2.24. The van der Waals surface area contributed by atoms with Crippen LogP contribution in [0.1, 0.15) is 44.2 Å². The summed E-state index contributed by atoms with van der Waals surface area (Å²) < 4.78 is 27.3. The van der Waals surface area contributed by atoms with Gasteiger partial charge in [-0.1, -0.05) is 19.1 Å². The summed E-state index contributed by atoms with van der Waals surface area (Å²) in [5, 5.41) is 3.12. The second-order valence-electron chi connectivity index (χ2n) is 6.02. The van der Waals surface area contributed by atoms with E-state index >= 15 is 0 Å². The summed E-state index contributed by atoms with van der Waals surface area (Å²) in [5.41, 5.74) is 0.431. The summed E-state index contributed by atoms with van der Waals surface area (Å²) in [7, 11) is 1.81. The summed E-state index contributed by atoms with van der Waals surface area (Å²) in [6, 6.07) is 4.28. The predicted octanol–water partition coefficient (Wildman–Crippen LogP) is 3.74. The first-order chi connectivity index (χ1) is 10.2. The quantitative estimate of drug-likeness (QED) is 0.747. The van der Waals surface area contributed by atoms with Gasteiger partial charge in [-0.05, 0) is 57.8 Å². The van der Waals surface area contributed by atoms with Crippen LogP contribution in [0.4, 0.5) is 8.78 Å². The van der Waals surface area contributed by atoms with E-state index in [0.29, 0.717) is 5.56 Å². The van der Waals surface area contributed by atoms with Crippen LogP contribution in [0, 0.1) is 17.6 Å². The molecule has 1 aromatic rings. The van der Waals surface area contributed by atoms with Crippen LogP contribution in [0.3, 0.4) is 0 Å². The van der Waals surface area contributed by atoms with Crippen molar-refractivity contribution in [3.63, 3.8) is 0 Å². The number of rotatable bonds is 9. The molecule has 118 valence electrons. The molecule has 0 aromatic heterocycles. The van der Waals surface area contributed by atoms with Gasteiger partial charge in [0.15, 0.2) is 11.6 Å². The van der Waals surface area contributed by atoms with Gasteiger partial charge in [-0.15, -0.1) is 0 Å². The number of hydrogen-bond acceptors (Lipinski definition) is 2. The lowest BCUT2D eigenvalue weighted by atomic mass is 10.0. The molecule has 0 bridgehead atoms. The first-order valence-corrected chi connectivity index (χ1v) is 7.99. The van der Waals surface area contributed by atoms with Crippen molar-refractivity contribution in [2.75, 3.05) is 26.7 Å². The highest BCUT2D eigenvalue weighted by Crippen LogP contribution is 2.30. The van der Waals surface area contributed by atoms with Gasteiger partial charge in [-0.3, -0.25) is 0 Å². The van der Waals surface area contributed by atoms with E-state index in [1.807, 2.05) is 0 Å². The Kier molecular flexibility index (Phi) is 6.12. The van der Waals surface area contributed by atoms with Gasteiger partial charge in [0.25, 0.3) is 0 Å². The normalized spacial score (nSPS) is 16.4. The van der Waals surface area contributed by atoms with E-state index in [1.165, 1.54) is 18.9 Å². The molecule has 0 heterocycles. The van der Waals surface area contributed by atoms with E-state index in [2.05, 4.69) is 17.1 Å².